The Labute approximate surface area is 106 Å². The van der Waals surface area contributed by atoms with Crippen molar-refractivity contribution < 1.29 is 0 Å². The van der Waals surface area contributed by atoms with Gasteiger partial charge >= 0.3 is 0 Å². The molecule has 1 aromatic carbocycles. The molecular weight excluding hydrogens is 206 g/mol. The van der Waals surface area contributed by atoms with Crippen LogP contribution in [0.5, 0.6) is 0 Å². The Morgan fingerprint density at radius 1 is 1.06 bits per heavy atom. The Hall–Kier alpha value is -0.980. The van der Waals surface area contributed by atoms with E-state index in [4.69, 9.17) is 0 Å². The van der Waals surface area contributed by atoms with Crippen LogP contribution in [-0.4, -0.2) is 6.04 Å². The van der Waals surface area contributed by atoms with E-state index in [1.54, 1.807) is 0 Å². The van der Waals surface area contributed by atoms with E-state index in [2.05, 4.69) is 43.4 Å². The largest absolute Gasteiger partial charge is 0.382 e. The quantitative estimate of drug-likeness (QED) is 0.739. The number of rotatable bonds is 3. The summed E-state index contributed by atoms with van der Waals surface area (Å²) in [6.45, 7) is 4.47. The Morgan fingerprint density at radius 2 is 1.82 bits per heavy atom. The lowest BCUT2D eigenvalue weighted by Crippen LogP contribution is -2.18. The molecule has 1 saturated carbocycles. The summed E-state index contributed by atoms with van der Waals surface area (Å²) in [4.78, 5) is 0. The average Bonchev–Trinajstić information content (AvgIpc) is 2.57. The first-order valence-corrected chi connectivity index (χ1v) is 7.11. The molecule has 1 aromatic rings. The van der Waals surface area contributed by atoms with Crippen LogP contribution in [0.3, 0.4) is 0 Å². The molecule has 0 spiro atoms. The van der Waals surface area contributed by atoms with Crippen LogP contribution in [0.4, 0.5) is 5.69 Å². The highest BCUT2D eigenvalue weighted by Gasteiger charge is 2.17. The number of benzene rings is 1. The SMILES string of the molecule is CCC1CCCC(Nc2ccc(C)cc2)CC1. The molecule has 1 fully saturated rings. The van der Waals surface area contributed by atoms with Crippen molar-refractivity contribution in [2.24, 2.45) is 5.92 Å². The molecule has 0 heterocycles. The summed E-state index contributed by atoms with van der Waals surface area (Å²) in [5.41, 5.74) is 2.62. The van der Waals surface area contributed by atoms with Crippen molar-refractivity contribution in [1.29, 1.82) is 0 Å². The summed E-state index contributed by atoms with van der Waals surface area (Å²) in [5, 5.41) is 3.69. The van der Waals surface area contributed by atoms with Gasteiger partial charge in [0.05, 0.1) is 0 Å². The van der Waals surface area contributed by atoms with E-state index < -0.39 is 0 Å². The second-order valence-corrected chi connectivity index (χ2v) is 5.49. The van der Waals surface area contributed by atoms with E-state index in [-0.39, 0.29) is 0 Å². The molecule has 2 unspecified atom stereocenters. The van der Waals surface area contributed by atoms with Gasteiger partial charge in [-0.25, -0.2) is 0 Å². The van der Waals surface area contributed by atoms with E-state index in [1.165, 1.54) is 49.8 Å². The van der Waals surface area contributed by atoms with Crippen LogP contribution in [0.25, 0.3) is 0 Å². The van der Waals surface area contributed by atoms with Crippen molar-refractivity contribution in [3.05, 3.63) is 29.8 Å². The summed E-state index contributed by atoms with van der Waals surface area (Å²) in [6.07, 6.45) is 8.26. The van der Waals surface area contributed by atoms with Crippen LogP contribution in [0.2, 0.25) is 0 Å². The Bertz CT molecular complexity index is 328. The molecule has 0 aromatic heterocycles. The maximum atomic E-state index is 3.69. The highest BCUT2D eigenvalue weighted by atomic mass is 14.9. The van der Waals surface area contributed by atoms with Crippen LogP contribution in [0.15, 0.2) is 24.3 Å². The van der Waals surface area contributed by atoms with Gasteiger partial charge in [-0.2, -0.15) is 0 Å². The minimum Gasteiger partial charge on any atom is -0.382 e. The van der Waals surface area contributed by atoms with Crippen molar-refractivity contribution in [2.45, 2.75) is 58.4 Å². The maximum Gasteiger partial charge on any atom is 0.0342 e. The number of anilines is 1. The Balaban J connectivity index is 1.88. The van der Waals surface area contributed by atoms with Gasteiger partial charge in [0, 0.05) is 11.7 Å². The zero-order chi connectivity index (χ0) is 12.1. The third-order valence-electron chi connectivity index (χ3n) is 4.09. The van der Waals surface area contributed by atoms with Crippen molar-refractivity contribution in [1.82, 2.24) is 0 Å². The summed E-state index contributed by atoms with van der Waals surface area (Å²) < 4.78 is 0. The normalized spacial score (nSPS) is 25.3. The monoisotopic (exact) mass is 231 g/mol. The predicted molar refractivity (Wildman–Crippen MR) is 75.5 cm³/mol. The lowest BCUT2D eigenvalue weighted by atomic mass is 9.98. The molecule has 0 radical (unpaired) electrons. The van der Waals surface area contributed by atoms with Crippen molar-refractivity contribution in [3.63, 3.8) is 0 Å². The van der Waals surface area contributed by atoms with Gasteiger partial charge in [0.1, 0.15) is 0 Å². The van der Waals surface area contributed by atoms with Gasteiger partial charge in [0.25, 0.3) is 0 Å². The van der Waals surface area contributed by atoms with Crippen LogP contribution < -0.4 is 5.32 Å². The molecule has 17 heavy (non-hydrogen) atoms. The third-order valence-corrected chi connectivity index (χ3v) is 4.09. The van der Waals surface area contributed by atoms with Crippen molar-refractivity contribution >= 4 is 5.69 Å². The number of aryl methyl sites for hydroxylation is 1. The Kier molecular flexibility index (Phi) is 4.47. The highest BCUT2D eigenvalue weighted by Crippen LogP contribution is 2.27. The second kappa shape index (κ2) is 6.09. The van der Waals surface area contributed by atoms with E-state index in [9.17, 15) is 0 Å². The summed E-state index contributed by atoms with van der Waals surface area (Å²) in [6, 6.07) is 9.48. The van der Waals surface area contributed by atoms with Gasteiger partial charge in [0.2, 0.25) is 0 Å². The molecule has 2 atom stereocenters. The average molecular weight is 231 g/mol. The first kappa shape index (κ1) is 12.5. The maximum absolute atomic E-state index is 3.69. The first-order chi connectivity index (χ1) is 8.28. The molecule has 1 nitrogen and oxygen atoms in total. The third kappa shape index (κ3) is 3.76. The van der Waals surface area contributed by atoms with Gasteiger partial charge in [0.15, 0.2) is 0 Å². The fourth-order valence-corrected chi connectivity index (χ4v) is 2.82. The summed E-state index contributed by atoms with van der Waals surface area (Å²) >= 11 is 0. The molecular formula is C16H25N. The topological polar surface area (TPSA) is 12.0 Å². The van der Waals surface area contributed by atoms with Gasteiger partial charge in [-0.05, 0) is 44.2 Å². The number of hydrogen-bond donors (Lipinski definition) is 1. The van der Waals surface area contributed by atoms with Gasteiger partial charge in [-0.15, -0.1) is 0 Å². The molecule has 1 heteroatoms. The summed E-state index contributed by atoms with van der Waals surface area (Å²) in [5.74, 6) is 0.972. The van der Waals surface area contributed by atoms with Crippen molar-refractivity contribution in [3.8, 4) is 0 Å². The van der Waals surface area contributed by atoms with Crippen molar-refractivity contribution in [2.75, 3.05) is 5.32 Å². The standard InChI is InChI=1S/C16H25N/c1-3-14-5-4-6-15(12-9-14)17-16-10-7-13(2)8-11-16/h7-8,10-11,14-15,17H,3-6,9,12H2,1-2H3. The fourth-order valence-electron chi connectivity index (χ4n) is 2.82. The van der Waals surface area contributed by atoms with E-state index in [1.807, 2.05) is 0 Å². The fraction of sp³-hybridized carbons (Fsp3) is 0.625. The molecule has 1 aliphatic carbocycles. The second-order valence-electron chi connectivity index (χ2n) is 5.49. The number of nitrogens with one attached hydrogen (secondary N) is 1. The molecule has 94 valence electrons. The zero-order valence-electron chi connectivity index (χ0n) is 11.2. The van der Waals surface area contributed by atoms with Crippen LogP contribution in [0.1, 0.15) is 51.0 Å². The summed E-state index contributed by atoms with van der Waals surface area (Å²) in [7, 11) is 0. The number of hydrogen-bond acceptors (Lipinski definition) is 1. The van der Waals surface area contributed by atoms with E-state index in [0.29, 0.717) is 6.04 Å². The molecule has 0 bridgehead atoms. The smallest absolute Gasteiger partial charge is 0.0342 e. The van der Waals surface area contributed by atoms with Gasteiger partial charge in [-0.1, -0.05) is 43.9 Å². The molecule has 1 aliphatic rings. The molecule has 2 rings (SSSR count). The van der Waals surface area contributed by atoms with E-state index >= 15 is 0 Å². The molecule has 0 aliphatic heterocycles. The zero-order valence-corrected chi connectivity index (χ0v) is 11.2. The van der Waals surface area contributed by atoms with Crippen LogP contribution in [0, 0.1) is 12.8 Å². The van der Waals surface area contributed by atoms with Crippen LogP contribution in [-0.2, 0) is 0 Å². The highest BCUT2D eigenvalue weighted by molar-refractivity contribution is 5.45. The van der Waals surface area contributed by atoms with Crippen LogP contribution >= 0.6 is 0 Å². The molecule has 0 saturated heterocycles. The first-order valence-electron chi connectivity index (χ1n) is 7.11. The minimum absolute atomic E-state index is 0.689. The van der Waals surface area contributed by atoms with E-state index in [0.717, 1.165) is 5.92 Å². The predicted octanol–water partition coefficient (Wildman–Crippen LogP) is 4.77. The molecule has 0 amide bonds. The lowest BCUT2D eigenvalue weighted by molar-refractivity contribution is 0.444. The van der Waals surface area contributed by atoms with Gasteiger partial charge in [-0.3, -0.25) is 0 Å². The lowest BCUT2D eigenvalue weighted by Gasteiger charge is -2.18. The molecule has 1 N–H and O–H groups in total. The minimum atomic E-state index is 0.689. The Morgan fingerprint density at radius 3 is 2.53 bits per heavy atom. The van der Waals surface area contributed by atoms with Gasteiger partial charge < -0.3 is 5.32 Å².